The normalized spacial score (nSPS) is 11.1. The molecule has 0 saturated carbocycles. The zero-order valence-electron chi connectivity index (χ0n) is 18.8. The van der Waals surface area contributed by atoms with E-state index in [1.807, 2.05) is 13.0 Å². The lowest BCUT2D eigenvalue weighted by atomic mass is 10.2. The summed E-state index contributed by atoms with van der Waals surface area (Å²) >= 11 is 6.13. The second-order valence-electron chi connectivity index (χ2n) is 7.38. The average Bonchev–Trinajstić information content (AvgIpc) is 2.79. The smallest absolute Gasteiger partial charge is 0.265 e. The van der Waals surface area contributed by atoms with Crippen molar-refractivity contribution in [3.8, 4) is 11.5 Å². The van der Waals surface area contributed by atoms with Crippen molar-refractivity contribution in [1.82, 2.24) is 0 Å². The molecule has 7 nitrogen and oxygen atoms in total. The Bertz CT molecular complexity index is 1260. The van der Waals surface area contributed by atoms with Crippen molar-refractivity contribution in [2.75, 3.05) is 30.4 Å². The lowest BCUT2D eigenvalue weighted by Crippen LogP contribution is -2.38. The third kappa shape index (κ3) is 5.58. The third-order valence-corrected chi connectivity index (χ3v) is 7.21. The molecule has 0 atom stereocenters. The summed E-state index contributed by atoms with van der Waals surface area (Å²) in [6.07, 6.45) is 0. The van der Waals surface area contributed by atoms with E-state index < -0.39 is 22.5 Å². The molecule has 0 radical (unpaired) electrons. The molecule has 0 aliphatic carbocycles. The first kappa shape index (κ1) is 24.4. The number of nitrogens with one attached hydrogen (secondary N) is 1. The molecule has 174 valence electrons. The van der Waals surface area contributed by atoms with Crippen LogP contribution in [0.2, 0.25) is 5.02 Å². The van der Waals surface area contributed by atoms with Crippen molar-refractivity contribution in [3.63, 3.8) is 0 Å². The predicted molar refractivity (Wildman–Crippen MR) is 130 cm³/mol. The number of methoxy groups -OCH3 is 2. The predicted octanol–water partition coefficient (Wildman–Crippen LogP) is 4.81. The van der Waals surface area contributed by atoms with Gasteiger partial charge in [0.1, 0.15) is 18.0 Å². The Morgan fingerprint density at radius 1 is 0.970 bits per heavy atom. The van der Waals surface area contributed by atoms with Gasteiger partial charge in [-0.05, 0) is 73.5 Å². The number of nitrogens with zero attached hydrogens (tertiary/aromatic N) is 1. The number of carbonyl (C=O) groups is 1. The molecule has 0 spiro atoms. The molecule has 3 aromatic carbocycles. The van der Waals surface area contributed by atoms with Crippen LogP contribution in [-0.4, -0.2) is 35.1 Å². The van der Waals surface area contributed by atoms with Gasteiger partial charge in [-0.3, -0.25) is 9.10 Å². The van der Waals surface area contributed by atoms with Gasteiger partial charge < -0.3 is 14.8 Å². The first-order chi connectivity index (χ1) is 15.6. The fraction of sp³-hybridized carbons (Fsp3) is 0.208. The van der Waals surface area contributed by atoms with Crippen LogP contribution in [0.4, 0.5) is 11.4 Å². The van der Waals surface area contributed by atoms with Gasteiger partial charge in [0.2, 0.25) is 5.91 Å². The number of sulfonamides is 1. The summed E-state index contributed by atoms with van der Waals surface area (Å²) in [4.78, 5) is 13.0. The van der Waals surface area contributed by atoms with Gasteiger partial charge in [0.05, 0.1) is 29.8 Å². The fourth-order valence-electron chi connectivity index (χ4n) is 3.24. The minimum absolute atomic E-state index is 0.138. The van der Waals surface area contributed by atoms with Crippen LogP contribution in [0.5, 0.6) is 11.5 Å². The number of benzene rings is 3. The number of rotatable bonds is 8. The minimum atomic E-state index is -4.05. The highest BCUT2D eigenvalue weighted by Gasteiger charge is 2.29. The van der Waals surface area contributed by atoms with Crippen molar-refractivity contribution in [3.05, 3.63) is 76.8 Å². The van der Waals surface area contributed by atoms with Gasteiger partial charge in [0, 0.05) is 5.69 Å². The number of ether oxygens (including phenoxy) is 2. The molecule has 0 fully saturated rings. The lowest BCUT2D eigenvalue weighted by molar-refractivity contribution is -0.114. The molecule has 0 saturated heterocycles. The summed E-state index contributed by atoms with van der Waals surface area (Å²) in [6, 6.07) is 16.4. The van der Waals surface area contributed by atoms with E-state index in [1.54, 1.807) is 55.5 Å². The molecule has 9 heteroatoms. The van der Waals surface area contributed by atoms with Crippen LogP contribution in [0.15, 0.2) is 65.6 Å². The van der Waals surface area contributed by atoms with Crippen molar-refractivity contribution in [2.45, 2.75) is 18.7 Å². The summed E-state index contributed by atoms with van der Waals surface area (Å²) in [6.45, 7) is 3.10. The Morgan fingerprint density at radius 3 is 2.27 bits per heavy atom. The van der Waals surface area contributed by atoms with E-state index in [2.05, 4.69) is 5.32 Å². The highest BCUT2D eigenvalue weighted by atomic mass is 35.5. The molecule has 1 amide bonds. The van der Waals surface area contributed by atoms with E-state index in [4.69, 9.17) is 21.1 Å². The zero-order chi connectivity index (χ0) is 24.2. The van der Waals surface area contributed by atoms with Crippen molar-refractivity contribution >= 4 is 38.9 Å². The van der Waals surface area contributed by atoms with Gasteiger partial charge in [-0.25, -0.2) is 8.42 Å². The summed E-state index contributed by atoms with van der Waals surface area (Å²) in [7, 11) is -1.04. The van der Waals surface area contributed by atoms with Crippen LogP contribution in [0.25, 0.3) is 0 Å². The van der Waals surface area contributed by atoms with Crippen LogP contribution in [-0.2, 0) is 14.8 Å². The summed E-state index contributed by atoms with van der Waals surface area (Å²) < 4.78 is 38.7. The SMILES string of the molecule is COc1ccc(N(CC(=O)Nc2ccc(OC)c(Cl)c2)S(=O)(=O)c2cc(C)ccc2C)cc1. The highest BCUT2D eigenvalue weighted by molar-refractivity contribution is 7.93. The molecule has 3 rings (SSSR count). The topological polar surface area (TPSA) is 84.9 Å². The molecule has 0 heterocycles. The Labute approximate surface area is 198 Å². The number of aryl methyl sites for hydroxylation is 2. The number of anilines is 2. The number of carbonyl (C=O) groups excluding carboxylic acids is 1. The van der Waals surface area contributed by atoms with E-state index in [0.717, 1.165) is 9.87 Å². The third-order valence-electron chi connectivity index (χ3n) is 4.99. The van der Waals surface area contributed by atoms with E-state index >= 15 is 0 Å². The molecular formula is C24H25ClN2O5S. The van der Waals surface area contributed by atoms with Crippen molar-refractivity contribution in [1.29, 1.82) is 0 Å². The second kappa shape index (κ2) is 10.1. The Hall–Kier alpha value is -3.23. The first-order valence-corrected chi connectivity index (χ1v) is 11.8. The number of hydrogen-bond donors (Lipinski definition) is 1. The maximum absolute atomic E-state index is 13.7. The van der Waals surface area contributed by atoms with Gasteiger partial charge in [-0.15, -0.1) is 0 Å². The van der Waals surface area contributed by atoms with Gasteiger partial charge >= 0.3 is 0 Å². The Kier molecular flexibility index (Phi) is 7.50. The number of hydrogen-bond acceptors (Lipinski definition) is 5. The largest absolute Gasteiger partial charge is 0.497 e. The van der Waals surface area contributed by atoms with Crippen LogP contribution in [0, 0.1) is 13.8 Å². The van der Waals surface area contributed by atoms with E-state index in [0.29, 0.717) is 33.5 Å². The average molecular weight is 489 g/mol. The summed E-state index contributed by atoms with van der Waals surface area (Å²) in [5.74, 6) is 0.508. The van der Waals surface area contributed by atoms with Gasteiger partial charge in [-0.1, -0.05) is 23.7 Å². The minimum Gasteiger partial charge on any atom is -0.497 e. The number of amides is 1. The highest BCUT2D eigenvalue weighted by Crippen LogP contribution is 2.29. The molecule has 0 aromatic heterocycles. The molecular weight excluding hydrogens is 464 g/mol. The van der Waals surface area contributed by atoms with Crippen LogP contribution in [0.3, 0.4) is 0 Å². The zero-order valence-corrected chi connectivity index (χ0v) is 20.3. The fourth-order valence-corrected chi connectivity index (χ4v) is 5.23. The maximum Gasteiger partial charge on any atom is 0.265 e. The molecule has 0 unspecified atom stereocenters. The lowest BCUT2D eigenvalue weighted by Gasteiger charge is -2.25. The molecule has 3 aromatic rings. The molecule has 0 aliphatic heterocycles. The quantitative estimate of drug-likeness (QED) is 0.492. The van der Waals surface area contributed by atoms with E-state index in [1.165, 1.54) is 20.3 Å². The molecule has 33 heavy (non-hydrogen) atoms. The van der Waals surface area contributed by atoms with Crippen LogP contribution in [0.1, 0.15) is 11.1 Å². The molecule has 1 N–H and O–H groups in total. The van der Waals surface area contributed by atoms with Crippen LogP contribution < -0.4 is 19.1 Å². The van der Waals surface area contributed by atoms with E-state index in [9.17, 15) is 13.2 Å². The Morgan fingerprint density at radius 2 is 1.67 bits per heavy atom. The molecule has 0 bridgehead atoms. The van der Waals surface area contributed by atoms with Crippen LogP contribution >= 0.6 is 11.6 Å². The van der Waals surface area contributed by atoms with E-state index in [-0.39, 0.29) is 4.90 Å². The number of halogens is 1. The standard InChI is InChI=1S/C24H25ClN2O5S/c1-16-5-6-17(2)23(13-16)33(29,30)27(19-8-10-20(31-3)11-9-19)15-24(28)26-18-7-12-22(32-4)21(25)14-18/h5-14H,15H2,1-4H3,(H,26,28). The van der Waals surface area contributed by atoms with Gasteiger partial charge in [0.15, 0.2) is 0 Å². The summed E-state index contributed by atoms with van der Waals surface area (Å²) in [5.41, 5.74) is 2.14. The maximum atomic E-state index is 13.7. The van der Waals surface area contributed by atoms with Crippen molar-refractivity contribution in [2.24, 2.45) is 0 Å². The van der Waals surface area contributed by atoms with Gasteiger partial charge in [-0.2, -0.15) is 0 Å². The van der Waals surface area contributed by atoms with Crippen molar-refractivity contribution < 1.29 is 22.7 Å². The summed E-state index contributed by atoms with van der Waals surface area (Å²) in [5, 5.41) is 3.02. The molecule has 0 aliphatic rings. The monoisotopic (exact) mass is 488 g/mol. The first-order valence-electron chi connectivity index (χ1n) is 10.0. The Balaban J connectivity index is 1.97. The van der Waals surface area contributed by atoms with Gasteiger partial charge in [0.25, 0.3) is 10.0 Å². The second-order valence-corrected chi connectivity index (χ2v) is 9.61.